The Kier molecular flexibility index (Phi) is 4.38. The van der Waals surface area contributed by atoms with Crippen molar-refractivity contribution >= 4 is 5.96 Å². The Morgan fingerprint density at radius 1 is 1.38 bits per heavy atom. The molecule has 1 unspecified atom stereocenters. The molecule has 0 radical (unpaired) electrons. The van der Waals surface area contributed by atoms with Crippen LogP contribution in [0.2, 0.25) is 0 Å². The van der Waals surface area contributed by atoms with E-state index in [0.717, 1.165) is 24.9 Å². The largest absolute Gasteiger partial charge is 0.349 e. The molecular formula is C14H25N7. The van der Waals surface area contributed by atoms with Crippen molar-refractivity contribution in [1.82, 2.24) is 29.9 Å². The number of nitrogens with zero attached hydrogens (tertiary/aromatic N) is 6. The lowest BCUT2D eigenvalue weighted by Crippen LogP contribution is -2.42. The van der Waals surface area contributed by atoms with Gasteiger partial charge in [-0.1, -0.05) is 0 Å². The summed E-state index contributed by atoms with van der Waals surface area (Å²) in [5, 5.41) is 7.49. The average Bonchev–Trinajstić information content (AvgIpc) is 3.20. The van der Waals surface area contributed by atoms with E-state index < -0.39 is 0 Å². The summed E-state index contributed by atoms with van der Waals surface area (Å²) in [6.45, 7) is 5.36. The molecule has 1 aromatic rings. The molecule has 2 fully saturated rings. The molecule has 0 spiro atoms. The fraction of sp³-hybridized carbons (Fsp3) is 0.786. The van der Waals surface area contributed by atoms with Crippen molar-refractivity contribution in [3.05, 3.63) is 12.2 Å². The topological polar surface area (TPSA) is 61.6 Å². The first kappa shape index (κ1) is 14.3. The van der Waals surface area contributed by atoms with Crippen LogP contribution in [0.25, 0.3) is 0 Å². The second-order valence-corrected chi connectivity index (χ2v) is 5.83. The molecule has 1 aromatic heterocycles. The summed E-state index contributed by atoms with van der Waals surface area (Å²) in [6.07, 6.45) is 5.54. The fourth-order valence-corrected chi connectivity index (χ4v) is 3.31. The molecule has 116 valence electrons. The molecule has 2 aliphatic rings. The van der Waals surface area contributed by atoms with Gasteiger partial charge in [-0.15, -0.1) is 0 Å². The van der Waals surface area contributed by atoms with Crippen molar-refractivity contribution in [3.8, 4) is 0 Å². The van der Waals surface area contributed by atoms with Crippen LogP contribution in [0.5, 0.6) is 0 Å². The van der Waals surface area contributed by atoms with Crippen LogP contribution in [0.1, 0.15) is 25.1 Å². The number of aromatic nitrogens is 3. The first-order valence-corrected chi connectivity index (χ1v) is 7.80. The van der Waals surface area contributed by atoms with Crippen molar-refractivity contribution in [2.45, 2.75) is 31.8 Å². The van der Waals surface area contributed by atoms with Gasteiger partial charge in [0.2, 0.25) is 0 Å². The van der Waals surface area contributed by atoms with Crippen LogP contribution in [-0.4, -0.2) is 69.8 Å². The number of guanidine groups is 1. The molecule has 0 aromatic carbocycles. The van der Waals surface area contributed by atoms with Gasteiger partial charge in [0.1, 0.15) is 12.2 Å². The Labute approximate surface area is 126 Å². The van der Waals surface area contributed by atoms with Crippen molar-refractivity contribution in [1.29, 1.82) is 0 Å². The second kappa shape index (κ2) is 6.43. The van der Waals surface area contributed by atoms with Crippen molar-refractivity contribution in [3.63, 3.8) is 0 Å². The molecule has 2 aliphatic heterocycles. The van der Waals surface area contributed by atoms with E-state index in [0.29, 0.717) is 12.6 Å². The monoisotopic (exact) mass is 291 g/mol. The first-order valence-electron chi connectivity index (χ1n) is 7.80. The van der Waals surface area contributed by atoms with Gasteiger partial charge in [0.05, 0.1) is 6.54 Å². The van der Waals surface area contributed by atoms with Gasteiger partial charge >= 0.3 is 0 Å². The number of likely N-dealkylation sites (tertiary alicyclic amines) is 2. The maximum Gasteiger partial charge on any atom is 0.194 e. The summed E-state index contributed by atoms with van der Waals surface area (Å²) in [5.41, 5.74) is 0. The average molecular weight is 291 g/mol. The highest BCUT2D eigenvalue weighted by Gasteiger charge is 2.30. The smallest absolute Gasteiger partial charge is 0.194 e. The third-order valence-electron chi connectivity index (χ3n) is 4.54. The number of hydrogen-bond acceptors (Lipinski definition) is 4. The van der Waals surface area contributed by atoms with Gasteiger partial charge in [0.25, 0.3) is 0 Å². The zero-order valence-corrected chi connectivity index (χ0v) is 13.0. The molecule has 21 heavy (non-hydrogen) atoms. The zero-order valence-electron chi connectivity index (χ0n) is 13.0. The van der Waals surface area contributed by atoms with Gasteiger partial charge < -0.3 is 10.2 Å². The van der Waals surface area contributed by atoms with Crippen LogP contribution in [0, 0.1) is 0 Å². The maximum atomic E-state index is 4.42. The number of rotatable bonds is 3. The Balaban J connectivity index is 1.53. The molecule has 1 atom stereocenters. The van der Waals surface area contributed by atoms with Crippen LogP contribution >= 0.6 is 0 Å². The third-order valence-corrected chi connectivity index (χ3v) is 4.54. The lowest BCUT2D eigenvalue weighted by atomic mass is 10.2. The van der Waals surface area contributed by atoms with E-state index in [1.807, 2.05) is 14.1 Å². The summed E-state index contributed by atoms with van der Waals surface area (Å²) in [6, 6.07) is 0.695. The highest BCUT2D eigenvalue weighted by molar-refractivity contribution is 5.80. The Morgan fingerprint density at radius 2 is 2.19 bits per heavy atom. The van der Waals surface area contributed by atoms with Crippen molar-refractivity contribution in [2.75, 3.05) is 33.2 Å². The molecule has 1 N–H and O–H groups in total. The van der Waals surface area contributed by atoms with E-state index >= 15 is 0 Å². The summed E-state index contributed by atoms with van der Waals surface area (Å²) < 4.78 is 1.79. The van der Waals surface area contributed by atoms with Gasteiger partial charge in [-0.2, -0.15) is 5.10 Å². The minimum Gasteiger partial charge on any atom is -0.349 e. The van der Waals surface area contributed by atoms with Gasteiger partial charge in [-0.3, -0.25) is 14.6 Å². The highest BCUT2D eigenvalue weighted by atomic mass is 15.4. The van der Waals surface area contributed by atoms with E-state index in [4.69, 9.17) is 0 Å². The molecule has 0 saturated carbocycles. The molecular weight excluding hydrogens is 266 g/mol. The van der Waals surface area contributed by atoms with Gasteiger partial charge in [-0.25, -0.2) is 4.98 Å². The van der Waals surface area contributed by atoms with Crippen molar-refractivity contribution < 1.29 is 0 Å². The summed E-state index contributed by atoms with van der Waals surface area (Å²) >= 11 is 0. The van der Waals surface area contributed by atoms with Crippen LogP contribution in [-0.2, 0) is 13.6 Å². The SMILES string of the molecule is CN=C(NCc1ncnn1C)N1CCC(N2CCCC2)C1. The lowest BCUT2D eigenvalue weighted by molar-refractivity contribution is 0.249. The number of aryl methyl sites for hydroxylation is 1. The molecule has 7 heteroatoms. The Hall–Kier alpha value is -1.63. The standard InChI is InChI=1S/C14H25N7/c1-15-14(16-9-13-17-11-18-19(13)2)21-8-5-12(10-21)20-6-3-4-7-20/h11-12H,3-10H2,1-2H3,(H,15,16). The van der Waals surface area contributed by atoms with Gasteiger partial charge in [0, 0.05) is 33.2 Å². The normalized spacial score (nSPS) is 24.0. The molecule has 0 bridgehead atoms. The minimum absolute atomic E-state index is 0.661. The summed E-state index contributed by atoms with van der Waals surface area (Å²) in [5.74, 6) is 1.89. The lowest BCUT2D eigenvalue weighted by Gasteiger charge is -2.25. The predicted octanol–water partition coefficient (Wildman–Crippen LogP) is 0.0606. The molecule has 7 nitrogen and oxygen atoms in total. The van der Waals surface area contributed by atoms with Crippen LogP contribution < -0.4 is 5.32 Å². The summed E-state index contributed by atoms with van der Waals surface area (Å²) in [7, 11) is 3.76. The van der Waals surface area contributed by atoms with Gasteiger partial charge in [-0.05, 0) is 32.4 Å². The van der Waals surface area contributed by atoms with E-state index in [-0.39, 0.29) is 0 Å². The Morgan fingerprint density at radius 3 is 2.86 bits per heavy atom. The quantitative estimate of drug-likeness (QED) is 0.630. The summed E-state index contributed by atoms with van der Waals surface area (Å²) in [4.78, 5) is 13.6. The number of aliphatic imine (C=N–C) groups is 1. The molecule has 3 heterocycles. The van der Waals surface area contributed by atoms with E-state index in [2.05, 4.69) is 30.2 Å². The molecule has 0 amide bonds. The fourth-order valence-electron chi connectivity index (χ4n) is 3.31. The zero-order chi connectivity index (χ0) is 14.7. The third kappa shape index (κ3) is 3.18. The van der Waals surface area contributed by atoms with E-state index in [9.17, 15) is 0 Å². The molecule has 0 aliphatic carbocycles. The first-order chi connectivity index (χ1) is 10.3. The predicted molar refractivity (Wildman–Crippen MR) is 82.0 cm³/mol. The highest BCUT2D eigenvalue weighted by Crippen LogP contribution is 2.20. The number of nitrogens with one attached hydrogen (secondary N) is 1. The minimum atomic E-state index is 0.661. The molecule has 3 rings (SSSR count). The number of hydrogen-bond donors (Lipinski definition) is 1. The maximum absolute atomic E-state index is 4.42. The van der Waals surface area contributed by atoms with Crippen molar-refractivity contribution in [2.24, 2.45) is 12.0 Å². The van der Waals surface area contributed by atoms with Crippen LogP contribution in [0.3, 0.4) is 0 Å². The van der Waals surface area contributed by atoms with Crippen LogP contribution in [0.15, 0.2) is 11.3 Å². The van der Waals surface area contributed by atoms with E-state index in [1.165, 1.54) is 32.4 Å². The molecule has 2 saturated heterocycles. The van der Waals surface area contributed by atoms with Gasteiger partial charge in [0.15, 0.2) is 5.96 Å². The van der Waals surface area contributed by atoms with Crippen LogP contribution in [0.4, 0.5) is 0 Å². The second-order valence-electron chi connectivity index (χ2n) is 5.83. The van der Waals surface area contributed by atoms with E-state index in [1.54, 1.807) is 11.0 Å². The Bertz CT molecular complexity index is 489.